The van der Waals surface area contributed by atoms with Crippen molar-refractivity contribution in [2.45, 2.75) is 19.3 Å². The first-order valence-electron chi connectivity index (χ1n) is 18.1. The second kappa shape index (κ2) is 10.1. The molecule has 0 unspecified atom stereocenters. The Labute approximate surface area is 303 Å². The third-order valence-corrected chi connectivity index (χ3v) is 11.6. The Morgan fingerprint density at radius 2 is 1.32 bits per heavy atom. The number of hydrogen-bond donors (Lipinski definition) is 0. The highest BCUT2D eigenvalue weighted by molar-refractivity contribution is 6.23. The molecule has 0 bridgehead atoms. The van der Waals surface area contributed by atoms with Gasteiger partial charge in [0, 0.05) is 33.3 Å². The first kappa shape index (κ1) is 28.8. The first-order valence-corrected chi connectivity index (χ1v) is 18.1. The van der Waals surface area contributed by atoms with Crippen LogP contribution in [-0.4, -0.2) is 19.5 Å². The monoisotopic (exact) mass is 678 g/mol. The number of nitrogens with zero attached hydrogens (tertiary/aromatic N) is 4. The lowest BCUT2D eigenvalue weighted by molar-refractivity contribution is 0.645. The summed E-state index contributed by atoms with van der Waals surface area (Å²) < 4.78 is 8.78. The molecule has 0 fully saturated rings. The van der Waals surface area contributed by atoms with Crippen LogP contribution in [0, 0.1) is 0 Å². The fraction of sp³-hybridized carbons (Fsp3) is 0.0625. The second-order valence-electron chi connectivity index (χ2n) is 14.8. The highest BCUT2D eigenvalue weighted by Gasteiger charge is 2.35. The maximum Gasteiger partial charge on any atom is 0.238 e. The summed E-state index contributed by atoms with van der Waals surface area (Å²) in [6.45, 7) is 4.67. The van der Waals surface area contributed by atoms with Gasteiger partial charge in [-0.1, -0.05) is 123 Å². The Balaban J connectivity index is 1.23. The fourth-order valence-electron chi connectivity index (χ4n) is 9.22. The van der Waals surface area contributed by atoms with E-state index in [1.54, 1.807) is 0 Å². The summed E-state index contributed by atoms with van der Waals surface area (Å²) in [5, 5.41) is 10.2. The first-order chi connectivity index (χ1) is 26.0. The molecule has 0 spiro atoms. The zero-order valence-electron chi connectivity index (χ0n) is 29.1. The molecule has 0 N–H and O–H groups in total. The average molecular weight is 679 g/mol. The van der Waals surface area contributed by atoms with Gasteiger partial charge in [-0.2, -0.15) is 4.98 Å². The van der Waals surface area contributed by atoms with Crippen LogP contribution in [0.25, 0.3) is 105 Å². The lowest BCUT2D eigenvalue weighted by Gasteiger charge is -2.35. The topological polar surface area (TPSA) is 56.7 Å². The zero-order chi connectivity index (χ0) is 35.0. The number of rotatable bonds is 2. The van der Waals surface area contributed by atoms with Gasteiger partial charge < -0.3 is 4.42 Å². The molecule has 0 atom stereocenters. The standard InChI is InChI=1S/C48H30N4O/c1-48(2)37-16-7-5-13-31(37)35-26-36-44-39(18-10-24-49-44)52(45(36)33-15-9-17-38(48)41(33)35)47-50-43(42-32-14-6-8-19-40(32)53-46(42)51-47)29-23-22-28-21-20-27-11-3-4-12-30(27)34(28)25-29/h3-26H,1-2H3. The summed E-state index contributed by atoms with van der Waals surface area (Å²) in [7, 11) is 0. The lowest BCUT2D eigenvalue weighted by atomic mass is 9.68. The maximum absolute atomic E-state index is 6.57. The molecule has 7 aromatic carbocycles. The van der Waals surface area contributed by atoms with E-state index in [0.29, 0.717) is 11.7 Å². The van der Waals surface area contributed by atoms with Gasteiger partial charge in [-0.05, 0) is 79.5 Å². The molecule has 0 saturated carbocycles. The molecular formula is C48H30N4O. The smallest absolute Gasteiger partial charge is 0.238 e. The summed E-state index contributed by atoms with van der Waals surface area (Å²) >= 11 is 0. The van der Waals surface area contributed by atoms with Gasteiger partial charge in [0.25, 0.3) is 0 Å². The van der Waals surface area contributed by atoms with Crippen molar-refractivity contribution in [1.82, 2.24) is 19.5 Å². The quantitative estimate of drug-likeness (QED) is 0.171. The Morgan fingerprint density at radius 3 is 2.25 bits per heavy atom. The lowest BCUT2D eigenvalue weighted by Crippen LogP contribution is -2.23. The molecule has 1 aliphatic rings. The number of para-hydroxylation sites is 1. The van der Waals surface area contributed by atoms with E-state index in [-0.39, 0.29) is 5.41 Å². The predicted molar refractivity (Wildman–Crippen MR) is 217 cm³/mol. The number of hydrogen-bond acceptors (Lipinski definition) is 4. The maximum atomic E-state index is 6.57. The van der Waals surface area contributed by atoms with Crippen molar-refractivity contribution in [2.24, 2.45) is 0 Å². The van der Waals surface area contributed by atoms with Gasteiger partial charge in [0.15, 0.2) is 0 Å². The number of benzene rings is 7. The van der Waals surface area contributed by atoms with Crippen LogP contribution in [0.1, 0.15) is 25.0 Å². The van der Waals surface area contributed by atoms with Crippen molar-refractivity contribution in [1.29, 1.82) is 0 Å². The number of pyridine rings is 1. The van der Waals surface area contributed by atoms with Crippen LogP contribution in [0.2, 0.25) is 0 Å². The zero-order valence-corrected chi connectivity index (χ0v) is 29.1. The van der Waals surface area contributed by atoms with Crippen molar-refractivity contribution in [3.8, 4) is 28.3 Å². The summed E-state index contributed by atoms with van der Waals surface area (Å²) in [6.07, 6.45) is 1.88. The Morgan fingerprint density at radius 1 is 0.566 bits per heavy atom. The summed E-state index contributed by atoms with van der Waals surface area (Å²) in [5.74, 6) is 0.550. The SMILES string of the molecule is CC1(C)c2ccccc2-c2cc3c4ncccc4n(-c4nc(-c5ccc6ccc7ccccc7c6c5)c5c(n4)oc4ccccc45)c3c3cccc1c23. The van der Waals surface area contributed by atoms with E-state index in [1.165, 1.54) is 49.2 Å². The van der Waals surface area contributed by atoms with Gasteiger partial charge in [-0.25, -0.2) is 4.98 Å². The van der Waals surface area contributed by atoms with E-state index in [1.807, 2.05) is 30.5 Å². The fourth-order valence-corrected chi connectivity index (χ4v) is 9.22. The Kier molecular flexibility index (Phi) is 5.51. The summed E-state index contributed by atoms with van der Waals surface area (Å²) in [5.41, 5.74) is 11.1. The van der Waals surface area contributed by atoms with Gasteiger partial charge >= 0.3 is 0 Å². The molecule has 1 aliphatic carbocycles. The Hall–Kier alpha value is -6.85. The van der Waals surface area contributed by atoms with Crippen LogP contribution in [0.4, 0.5) is 0 Å². The molecule has 11 aromatic rings. The number of fused-ring (bicyclic) bond motifs is 12. The van der Waals surface area contributed by atoms with Crippen LogP contribution in [-0.2, 0) is 5.41 Å². The minimum absolute atomic E-state index is 0.178. The number of furan rings is 1. The van der Waals surface area contributed by atoms with Crippen molar-refractivity contribution in [3.63, 3.8) is 0 Å². The number of aromatic nitrogens is 4. The molecule has 5 nitrogen and oxygen atoms in total. The molecule has 0 radical (unpaired) electrons. The summed E-state index contributed by atoms with van der Waals surface area (Å²) in [4.78, 5) is 15.8. The van der Waals surface area contributed by atoms with Gasteiger partial charge in [-0.15, -0.1) is 0 Å². The normalized spacial score (nSPS) is 13.6. The van der Waals surface area contributed by atoms with E-state index >= 15 is 0 Å². The average Bonchev–Trinajstić information content (AvgIpc) is 3.75. The van der Waals surface area contributed by atoms with Gasteiger partial charge in [0.1, 0.15) is 5.58 Å². The van der Waals surface area contributed by atoms with Crippen molar-refractivity contribution < 1.29 is 4.42 Å². The molecule has 0 amide bonds. The molecule has 12 rings (SSSR count). The molecule has 53 heavy (non-hydrogen) atoms. The van der Waals surface area contributed by atoms with Crippen LogP contribution in [0.15, 0.2) is 150 Å². The van der Waals surface area contributed by atoms with Crippen LogP contribution in [0.3, 0.4) is 0 Å². The largest absolute Gasteiger partial charge is 0.437 e. The van der Waals surface area contributed by atoms with E-state index in [2.05, 4.69) is 134 Å². The third-order valence-electron chi connectivity index (χ3n) is 11.6. The van der Waals surface area contributed by atoms with Crippen LogP contribution >= 0.6 is 0 Å². The summed E-state index contributed by atoms with van der Waals surface area (Å²) in [6, 6.07) is 49.8. The third kappa shape index (κ3) is 3.78. The molecule has 0 saturated heterocycles. The van der Waals surface area contributed by atoms with Gasteiger partial charge in [0.2, 0.25) is 11.7 Å². The predicted octanol–water partition coefficient (Wildman–Crippen LogP) is 12.3. The second-order valence-corrected chi connectivity index (χ2v) is 14.8. The highest BCUT2D eigenvalue weighted by Crippen LogP contribution is 2.51. The van der Waals surface area contributed by atoms with E-state index in [4.69, 9.17) is 19.4 Å². The van der Waals surface area contributed by atoms with Crippen LogP contribution < -0.4 is 0 Å². The van der Waals surface area contributed by atoms with E-state index in [9.17, 15) is 0 Å². The van der Waals surface area contributed by atoms with Gasteiger partial charge in [-0.3, -0.25) is 9.55 Å². The molecule has 4 aromatic heterocycles. The van der Waals surface area contributed by atoms with Gasteiger partial charge in [0.05, 0.1) is 27.6 Å². The molecule has 248 valence electrons. The molecule has 4 heterocycles. The molecule has 5 heteroatoms. The highest BCUT2D eigenvalue weighted by atomic mass is 16.3. The minimum atomic E-state index is -0.178. The Bertz CT molecular complexity index is 3390. The van der Waals surface area contributed by atoms with Crippen molar-refractivity contribution in [2.75, 3.05) is 0 Å². The van der Waals surface area contributed by atoms with E-state index in [0.717, 1.165) is 54.9 Å². The molecular weight excluding hydrogens is 649 g/mol. The van der Waals surface area contributed by atoms with Crippen LogP contribution in [0.5, 0.6) is 0 Å². The van der Waals surface area contributed by atoms with Crippen molar-refractivity contribution >= 4 is 76.3 Å². The van der Waals surface area contributed by atoms with E-state index < -0.39 is 0 Å². The minimum Gasteiger partial charge on any atom is -0.437 e. The van der Waals surface area contributed by atoms with Crippen molar-refractivity contribution in [3.05, 3.63) is 157 Å². The molecule has 0 aliphatic heterocycles.